The number of hydrogen-bond donors (Lipinski definition) is 0. The summed E-state index contributed by atoms with van der Waals surface area (Å²) >= 11 is 1.67. The normalized spacial score (nSPS) is 20.6. The average molecular weight is 385 g/mol. The molecule has 2 aromatic rings. The summed E-state index contributed by atoms with van der Waals surface area (Å²) in [6, 6.07) is 11.9. The van der Waals surface area contributed by atoms with Crippen LogP contribution in [0.25, 0.3) is 0 Å². The van der Waals surface area contributed by atoms with Crippen LogP contribution in [0, 0.1) is 0 Å². The standard InChI is InChI=1S/C20H23N3O3S/c1-25-16-5-2-4-15(12-16)17-13-18(19-6-3-11-27-19)23(21-17)20(24)14-22-7-9-26-10-8-22/h2-6,11-12,18H,7-10,13-14H2,1H3/t18-/m0/s1. The molecule has 4 rings (SSSR count). The zero-order valence-electron chi connectivity index (χ0n) is 15.3. The van der Waals surface area contributed by atoms with Gasteiger partial charge in [-0.05, 0) is 23.6 Å². The highest BCUT2D eigenvalue weighted by molar-refractivity contribution is 7.10. The molecule has 142 valence electrons. The minimum Gasteiger partial charge on any atom is -0.497 e. The van der Waals surface area contributed by atoms with Crippen LogP contribution in [0.5, 0.6) is 5.75 Å². The van der Waals surface area contributed by atoms with Crippen LogP contribution in [-0.2, 0) is 9.53 Å². The molecule has 1 amide bonds. The molecule has 27 heavy (non-hydrogen) atoms. The van der Waals surface area contributed by atoms with Gasteiger partial charge in [-0.2, -0.15) is 5.10 Å². The van der Waals surface area contributed by atoms with Gasteiger partial charge in [0, 0.05) is 30.0 Å². The van der Waals surface area contributed by atoms with Crippen molar-refractivity contribution in [2.75, 3.05) is 40.0 Å². The van der Waals surface area contributed by atoms with Gasteiger partial charge in [0.05, 0.1) is 38.6 Å². The fraction of sp³-hybridized carbons (Fsp3) is 0.400. The van der Waals surface area contributed by atoms with Crippen LogP contribution in [0.3, 0.4) is 0 Å². The minimum atomic E-state index is -0.0419. The molecule has 6 nitrogen and oxygen atoms in total. The second-order valence-electron chi connectivity index (χ2n) is 6.64. The van der Waals surface area contributed by atoms with Crippen molar-refractivity contribution in [1.29, 1.82) is 0 Å². The van der Waals surface area contributed by atoms with Crippen molar-refractivity contribution in [2.45, 2.75) is 12.5 Å². The third-order valence-corrected chi connectivity index (χ3v) is 5.88. The van der Waals surface area contributed by atoms with Gasteiger partial charge in [0.15, 0.2) is 0 Å². The number of benzene rings is 1. The molecular formula is C20H23N3O3S. The molecule has 1 aromatic heterocycles. The zero-order valence-corrected chi connectivity index (χ0v) is 16.2. The van der Waals surface area contributed by atoms with E-state index in [2.05, 4.69) is 11.0 Å². The van der Waals surface area contributed by atoms with Crippen molar-refractivity contribution >= 4 is 23.0 Å². The topological polar surface area (TPSA) is 54.4 Å². The summed E-state index contributed by atoms with van der Waals surface area (Å²) in [6.45, 7) is 3.31. The number of hydrogen-bond acceptors (Lipinski definition) is 6. The minimum absolute atomic E-state index is 0.0354. The highest BCUT2D eigenvalue weighted by Gasteiger charge is 2.34. The fourth-order valence-electron chi connectivity index (χ4n) is 3.44. The highest BCUT2D eigenvalue weighted by Crippen LogP contribution is 2.35. The summed E-state index contributed by atoms with van der Waals surface area (Å²) in [4.78, 5) is 16.3. The first kappa shape index (κ1) is 18.2. The quantitative estimate of drug-likeness (QED) is 0.794. The fourth-order valence-corrected chi connectivity index (χ4v) is 4.25. The highest BCUT2D eigenvalue weighted by atomic mass is 32.1. The van der Waals surface area contributed by atoms with Crippen LogP contribution in [-0.4, -0.2) is 61.5 Å². The lowest BCUT2D eigenvalue weighted by Gasteiger charge is -2.28. The van der Waals surface area contributed by atoms with E-state index in [0.29, 0.717) is 26.2 Å². The SMILES string of the molecule is COc1cccc(C2=NN(C(=O)CN3CCOCC3)[C@H](c3cccs3)C2)c1. The Morgan fingerprint density at radius 1 is 1.30 bits per heavy atom. The Kier molecular flexibility index (Phi) is 5.52. The first-order chi connectivity index (χ1) is 13.2. The summed E-state index contributed by atoms with van der Waals surface area (Å²) in [6.07, 6.45) is 0.711. The summed E-state index contributed by atoms with van der Waals surface area (Å²) in [7, 11) is 1.65. The molecule has 7 heteroatoms. The van der Waals surface area contributed by atoms with Crippen molar-refractivity contribution in [3.8, 4) is 5.75 Å². The number of ether oxygens (including phenoxy) is 2. The molecule has 3 heterocycles. The van der Waals surface area contributed by atoms with Crippen molar-refractivity contribution in [1.82, 2.24) is 9.91 Å². The van der Waals surface area contributed by atoms with Gasteiger partial charge < -0.3 is 9.47 Å². The summed E-state index contributed by atoms with van der Waals surface area (Å²) in [5, 5.41) is 8.45. The van der Waals surface area contributed by atoms with Crippen molar-refractivity contribution in [2.24, 2.45) is 5.10 Å². The molecule has 2 aliphatic rings. The Balaban J connectivity index is 1.58. The Morgan fingerprint density at radius 2 is 2.15 bits per heavy atom. The lowest BCUT2D eigenvalue weighted by molar-refractivity contribution is -0.135. The van der Waals surface area contributed by atoms with Gasteiger partial charge in [-0.3, -0.25) is 9.69 Å². The smallest absolute Gasteiger partial charge is 0.257 e. The zero-order chi connectivity index (χ0) is 18.6. The molecule has 1 saturated heterocycles. The Hall–Kier alpha value is -2.22. The number of amides is 1. The molecule has 0 saturated carbocycles. The van der Waals surface area contributed by atoms with E-state index in [1.54, 1.807) is 23.5 Å². The van der Waals surface area contributed by atoms with Gasteiger partial charge in [-0.1, -0.05) is 18.2 Å². The number of hydrazone groups is 1. The Labute approximate surface area is 163 Å². The van der Waals surface area contributed by atoms with Crippen LogP contribution in [0.4, 0.5) is 0 Å². The van der Waals surface area contributed by atoms with E-state index < -0.39 is 0 Å². The van der Waals surface area contributed by atoms with Gasteiger partial charge >= 0.3 is 0 Å². The first-order valence-electron chi connectivity index (χ1n) is 9.12. The predicted molar refractivity (Wildman–Crippen MR) is 105 cm³/mol. The van der Waals surface area contributed by atoms with Gasteiger partial charge in [0.2, 0.25) is 0 Å². The summed E-state index contributed by atoms with van der Waals surface area (Å²) in [5.74, 6) is 0.828. The number of morpholine rings is 1. The second-order valence-corrected chi connectivity index (χ2v) is 7.62. The molecule has 0 spiro atoms. The van der Waals surface area contributed by atoms with Crippen LogP contribution in [0.2, 0.25) is 0 Å². The lowest BCUT2D eigenvalue weighted by atomic mass is 10.0. The predicted octanol–water partition coefficient (Wildman–Crippen LogP) is 2.77. The summed E-state index contributed by atoms with van der Waals surface area (Å²) < 4.78 is 10.7. The number of thiophene rings is 1. The molecule has 1 fully saturated rings. The van der Waals surface area contributed by atoms with Gasteiger partial charge in [0.1, 0.15) is 5.75 Å². The van der Waals surface area contributed by atoms with E-state index in [9.17, 15) is 4.79 Å². The van der Waals surface area contributed by atoms with E-state index in [-0.39, 0.29) is 11.9 Å². The monoisotopic (exact) mass is 385 g/mol. The maximum atomic E-state index is 13.0. The molecule has 0 bridgehead atoms. The van der Waals surface area contributed by atoms with Crippen LogP contribution < -0.4 is 4.74 Å². The van der Waals surface area contributed by atoms with Crippen LogP contribution in [0.1, 0.15) is 22.9 Å². The number of carbonyl (C=O) groups is 1. The molecule has 1 aromatic carbocycles. The third kappa shape index (κ3) is 4.05. The van der Waals surface area contributed by atoms with Crippen molar-refractivity contribution in [3.05, 3.63) is 52.2 Å². The van der Waals surface area contributed by atoms with Crippen molar-refractivity contribution in [3.63, 3.8) is 0 Å². The third-order valence-electron chi connectivity index (χ3n) is 4.90. The van der Waals surface area contributed by atoms with Crippen LogP contribution in [0.15, 0.2) is 46.9 Å². The van der Waals surface area contributed by atoms with Gasteiger partial charge in [0.25, 0.3) is 5.91 Å². The van der Waals surface area contributed by atoms with Gasteiger partial charge in [-0.15, -0.1) is 11.3 Å². The lowest BCUT2D eigenvalue weighted by Crippen LogP contribution is -2.43. The molecule has 2 aliphatic heterocycles. The number of nitrogens with zero attached hydrogens (tertiary/aromatic N) is 3. The van der Waals surface area contributed by atoms with E-state index in [4.69, 9.17) is 14.6 Å². The number of rotatable bonds is 5. The molecule has 0 aliphatic carbocycles. The van der Waals surface area contributed by atoms with E-state index in [1.807, 2.05) is 35.7 Å². The van der Waals surface area contributed by atoms with Crippen molar-refractivity contribution < 1.29 is 14.3 Å². The Bertz CT molecular complexity index is 816. The Morgan fingerprint density at radius 3 is 2.89 bits per heavy atom. The number of methoxy groups -OCH3 is 1. The van der Waals surface area contributed by atoms with E-state index >= 15 is 0 Å². The summed E-state index contributed by atoms with van der Waals surface area (Å²) in [5.41, 5.74) is 1.92. The van der Waals surface area contributed by atoms with E-state index in [0.717, 1.165) is 35.0 Å². The largest absolute Gasteiger partial charge is 0.497 e. The molecule has 0 radical (unpaired) electrons. The average Bonchev–Trinajstić information content (AvgIpc) is 3.38. The molecule has 0 N–H and O–H groups in total. The first-order valence-corrected chi connectivity index (χ1v) is 10.00. The maximum absolute atomic E-state index is 13.0. The molecule has 1 atom stereocenters. The molecular weight excluding hydrogens is 362 g/mol. The van der Waals surface area contributed by atoms with Gasteiger partial charge in [-0.25, -0.2) is 5.01 Å². The second kappa shape index (κ2) is 8.21. The molecule has 0 unspecified atom stereocenters. The van der Waals surface area contributed by atoms with Crippen LogP contribution >= 0.6 is 11.3 Å². The maximum Gasteiger partial charge on any atom is 0.257 e. The van der Waals surface area contributed by atoms with E-state index in [1.165, 1.54) is 0 Å². The number of carbonyl (C=O) groups excluding carboxylic acids is 1.